The summed E-state index contributed by atoms with van der Waals surface area (Å²) in [5, 5.41) is 0.178. The summed E-state index contributed by atoms with van der Waals surface area (Å²) in [5.41, 5.74) is 1.80. The van der Waals surface area contributed by atoms with Crippen LogP contribution < -0.4 is 0 Å². The number of allylic oxidation sites excluding steroid dienone is 1. The average molecular weight is 343 g/mol. The lowest BCUT2D eigenvalue weighted by atomic mass is 9.96. The Bertz CT molecular complexity index is 732. The van der Waals surface area contributed by atoms with E-state index in [1.807, 2.05) is 6.92 Å². The second-order valence-corrected chi connectivity index (χ2v) is 5.82. The van der Waals surface area contributed by atoms with Crippen molar-refractivity contribution in [3.05, 3.63) is 75.8 Å². The zero-order chi connectivity index (χ0) is 17.2. The molecule has 0 nitrogen and oxygen atoms in total. The normalized spacial score (nSPS) is 14.0. The summed E-state index contributed by atoms with van der Waals surface area (Å²) in [7, 11) is 0. The highest BCUT2D eigenvalue weighted by Gasteiger charge is 2.39. The van der Waals surface area contributed by atoms with E-state index < -0.39 is 17.9 Å². The molecule has 2 rings (SSSR count). The van der Waals surface area contributed by atoms with Crippen molar-refractivity contribution in [2.24, 2.45) is 0 Å². The maximum absolute atomic E-state index is 14.3. The fraction of sp³-hybridized carbons (Fsp3) is 0.222. The number of halogens is 5. The minimum Gasteiger partial charge on any atom is -0.207 e. The first kappa shape index (κ1) is 17.5. The van der Waals surface area contributed by atoms with E-state index in [0.29, 0.717) is 6.08 Å². The van der Waals surface area contributed by atoms with E-state index in [-0.39, 0.29) is 16.1 Å². The quantitative estimate of drug-likeness (QED) is 0.550. The Hall–Kier alpha value is -1.81. The predicted molar refractivity (Wildman–Crippen MR) is 85.2 cm³/mol. The molecule has 0 saturated heterocycles. The molecule has 0 radical (unpaired) electrons. The zero-order valence-corrected chi connectivity index (χ0v) is 13.3. The fourth-order valence-corrected chi connectivity index (χ4v) is 2.41. The molecule has 2 aromatic rings. The molecule has 0 aromatic heterocycles. The summed E-state index contributed by atoms with van der Waals surface area (Å²) < 4.78 is 54.2. The lowest BCUT2D eigenvalue weighted by molar-refractivity contribution is -0.139. The maximum atomic E-state index is 14.3. The molecular formula is C18H15ClF4. The molecule has 0 heterocycles. The zero-order valence-electron chi connectivity index (χ0n) is 12.6. The standard InChI is InChI=1S/C18H15ClF4/c1-11-6-7-14(8-12(11)2)17(20)10-16(18(21,22)23)13-4-3-5-15(19)9-13/h3-10,16H,1-2H3/b17-10-. The van der Waals surface area contributed by atoms with Crippen molar-refractivity contribution in [3.8, 4) is 0 Å². The number of rotatable bonds is 3. The second kappa shape index (κ2) is 6.75. The molecule has 0 fully saturated rings. The summed E-state index contributed by atoms with van der Waals surface area (Å²) >= 11 is 5.75. The van der Waals surface area contributed by atoms with Gasteiger partial charge in [-0.15, -0.1) is 0 Å². The molecule has 5 heteroatoms. The van der Waals surface area contributed by atoms with Gasteiger partial charge in [0.2, 0.25) is 0 Å². The van der Waals surface area contributed by atoms with Gasteiger partial charge in [0.15, 0.2) is 0 Å². The molecular weight excluding hydrogens is 328 g/mol. The Balaban J connectivity index is 2.46. The highest BCUT2D eigenvalue weighted by Crippen LogP contribution is 2.39. The summed E-state index contributed by atoms with van der Waals surface area (Å²) in [6.45, 7) is 3.63. The van der Waals surface area contributed by atoms with E-state index in [4.69, 9.17) is 11.6 Å². The van der Waals surface area contributed by atoms with Gasteiger partial charge in [0, 0.05) is 10.6 Å². The van der Waals surface area contributed by atoms with Crippen LogP contribution in [0, 0.1) is 13.8 Å². The van der Waals surface area contributed by atoms with Crippen LogP contribution in [0.5, 0.6) is 0 Å². The Morgan fingerprint density at radius 1 is 1.04 bits per heavy atom. The highest BCUT2D eigenvalue weighted by atomic mass is 35.5. The van der Waals surface area contributed by atoms with Crippen molar-refractivity contribution in [2.75, 3.05) is 0 Å². The third-order valence-electron chi connectivity index (χ3n) is 3.66. The topological polar surface area (TPSA) is 0 Å². The number of aryl methyl sites for hydroxylation is 2. The van der Waals surface area contributed by atoms with Gasteiger partial charge in [0.05, 0.1) is 0 Å². The van der Waals surface area contributed by atoms with Crippen molar-refractivity contribution in [2.45, 2.75) is 25.9 Å². The highest BCUT2D eigenvalue weighted by molar-refractivity contribution is 6.30. The van der Waals surface area contributed by atoms with E-state index in [1.54, 1.807) is 13.0 Å². The smallest absolute Gasteiger partial charge is 0.207 e. The van der Waals surface area contributed by atoms with Crippen molar-refractivity contribution in [1.82, 2.24) is 0 Å². The molecule has 0 amide bonds. The predicted octanol–water partition coefficient (Wildman–Crippen LogP) is 6.61. The molecule has 2 aromatic carbocycles. The molecule has 0 bridgehead atoms. The second-order valence-electron chi connectivity index (χ2n) is 5.39. The summed E-state index contributed by atoms with van der Waals surface area (Å²) in [4.78, 5) is 0. The summed E-state index contributed by atoms with van der Waals surface area (Å²) in [5.74, 6) is -2.96. The fourth-order valence-electron chi connectivity index (χ4n) is 2.21. The Kier molecular flexibility index (Phi) is 5.15. The van der Waals surface area contributed by atoms with Crippen LogP contribution in [0.1, 0.15) is 28.2 Å². The first-order valence-corrected chi connectivity index (χ1v) is 7.33. The van der Waals surface area contributed by atoms with Crippen molar-refractivity contribution in [3.63, 3.8) is 0 Å². The molecule has 23 heavy (non-hydrogen) atoms. The van der Waals surface area contributed by atoms with E-state index in [1.165, 1.54) is 36.4 Å². The number of hydrogen-bond acceptors (Lipinski definition) is 0. The van der Waals surface area contributed by atoms with Gasteiger partial charge < -0.3 is 0 Å². The van der Waals surface area contributed by atoms with Crippen LogP contribution in [-0.4, -0.2) is 6.18 Å². The van der Waals surface area contributed by atoms with Crippen LogP contribution in [0.3, 0.4) is 0 Å². The molecule has 122 valence electrons. The Labute approximate surface area is 137 Å². The summed E-state index contributed by atoms with van der Waals surface area (Å²) in [6, 6.07) is 10.1. The number of hydrogen-bond donors (Lipinski definition) is 0. The molecule has 0 N–H and O–H groups in total. The molecule has 1 unspecified atom stereocenters. The number of alkyl halides is 3. The van der Waals surface area contributed by atoms with E-state index in [2.05, 4.69) is 0 Å². The van der Waals surface area contributed by atoms with Crippen LogP contribution in [0.15, 0.2) is 48.5 Å². The van der Waals surface area contributed by atoms with E-state index in [9.17, 15) is 17.6 Å². The largest absolute Gasteiger partial charge is 0.399 e. The molecule has 1 atom stereocenters. The van der Waals surface area contributed by atoms with Crippen LogP contribution in [0.4, 0.5) is 17.6 Å². The SMILES string of the molecule is Cc1ccc(/C(F)=C/C(c2cccc(Cl)c2)C(F)(F)F)cc1C. The van der Waals surface area contributed by atoms with E-state index >= 15 is 0 Å². The van der Waals surface area contributed by atoms with Crippen LogP contribution in [0.2, 0.25) is 5.02 Å². The van der Waals surface area contributed by atoms with Crippen molar-refractivity contribution in [1.29, 1.82) is 0 Å². The minimum atomic E-state index is -4.61. The molecule has 0 aliphatic rings. The van der Waals surface area contributed by atoms with Gasteiger partial charge in [0.1, 0.15) is 11.7 Å². The van der Waals surface area contributed by atoms with Gasteiger partial charge in [-0.1, -0.05) is 35.9 Å². The van der Waals surface area contributed by atoms with Gasteiger partial charge in [0.25, 0.3) is 0 Å². The lowest BCUT2D eigenvalue weighted by Crippen LogP contribution is -2.19. The van der Waals surface area contributed by atoms with Crippen LogP contribution in [-0.2, 0) is 0 Å². The van der Waals surface area contributed by atoms with Crippen molar-refractivity contribution < 1.29 is 17.6 Å². The monoisotopic (exact) mass is 342 g/mol. The first-order chi connectivity index (χ1) is 10.7. The minimum absolute atomic E-state index is 0.0935. The molecule has 0 aliphatic carbocycles. The average Bonchev–Trinajstić information content (AvgIpc) is 2.46. The maximum Gasteiger partial charge on any atom is 0.399 e. The van der Waals surface area contributed by atoms with Gasteiger partial charge in [-0.05, 0) is 54.8 Å². The third kappa shape index (κ3) is 4.35. The molecule has 0 spiro atoms. The van der Waals surface area contributed by atoms with Gasteiger partial charge in [-0.2, -0.15) is 13.2 Å². The number of benzene rings is 2. The Morgan fingerprint density at radius 3 is 2.30 bits per heavy atom. The van der Waals surface area contributed by atoms with Gasteiger partial charge in [-0.3, -0.25) is 0 Å². The molecule has 0 aliphatic heterocycles. The van der Waals surface area contributed by atoms with E-state index in [0.717, 1.165) is 11.1 Å². The Morgan fingerprint density at radius 2 is 1.74 bits per heavy atom. The lowest BCUT2D eigenvalue weighted by Gasteiger charge is -2.18. The van der Waals surface area contributed by atoms with Crippen LogP contribution in [0.25, 0.3) is 5.83 Å². The van der Waals surface area contributed by atoms with Gasteiger partial charge in [-0.25, -0.2) is 4.39 Å². The molecule has 0 saturated carbocycles. The van der Waals surface area contributed by atoms with Crippen LogP contribution >= 0.6 is 11.6 Å². The summed E-state index contributed by atoms with van der Waals surface area (Å²) in [6.07, 6.45) is -4.02. The van der Waals surface area contributed by atoms with Gasteiger partial charge >= 0.3 is 6.18 Å². The van der Waals surface area contributed by atoms with Crippen molar-refractivity contribution >= 4 is 17.4 Å². The third-order valence-corrected chi connectivity index (χ3v) is 3.89. The first-order valence-electron chi connectivity index (χ1n) is 6.95.